The van der Waals surface area contributed by atoms with Crippen LogP contribution in [0, 0.1) is 0 Å². The Hall–Kier alpha value is -0.910. The number of fused-ring (bicyclic) bond motifs is 1. The molecule has 0 radical (unpaired) electrons. The van der Waals surface area contributed by atoms with E-state index in [0.29, 0.717) is 5.39 Å². The van der Waals surface area contributed by atoms with Crippen molar-refractivity contribution >= 4 is 33.5 Å². The number of rotatable bonds is 4. The molecule has 4 heteroatoms. The van der Waals surface area contributed by atoms with Crippen LogP contribution in [0.15, 0.2) is 35.4 Å². The van der Waals surface area contributed by atoms with Gasteiger partial charge in [-0.1, -0.05) is 34.7 Å². The van der Waals surface area contributed by atoms with Crippen LogP contribution in [0.3, 0.4) is 0 Å². The first-order chi connectivity index (χ1) is 7.83. The Morgan fingerprint density at radius 3 is 2.88 bits per heavy atom. The molecule has 0 aliphatic rings. The third-order valence-corrected chi connectivity index (χ3v) is 3.28. The van der Waals surface area contributed by atoms with Gasteiger partial charge in [-0.3, -0.25) is 9.36 Å². The Morgan fingerprint density at radius 2 is 2.06 bits per heavy atom. The van der Waals surface area contributed by atoms with Gasteiger partial charge in [0.25, 0.3) is 5.56 Å². The third-order valence-electron chi connectivity index (χ3n) is 2.51. The van der Waals surface area contributed by atoms with Crippen molar-refractivity contribution in [3.63, 3.8) is 0 Å². The van der Waals surface area contributed by atoms with Crippen LogP contribution in [0.25, 0.3) is 10.9 Å². The van der Waals surface area contributed by atoms with Gasteiger partial charge in [0.2, 0.25) is 0 Å². The van der Waals surface area contributed by atoms with Gasteiger partial charge in [0.05, 0.1) is 17.2 Å². The molecule has 0 fully saturated rings. The Morgan fingerprint density at radius 1 is 1.25 bits per heavy atom. The molecule has 0 N–H and O–H groups in total. The van der Waals surface area contributed by atoms with E-state index in [-0.39, 0.29) is 5.56 Å². The normalized spacial score (nSPS) is 10.8. The lowest BCUT2D eigenvalue weighted by Gasteiger charge is -2.05. The van der Waals surface area contributed by atoms with Gasteiger partial charge in [-0.25, -0.2) is 4.98 Å². The molecule has 0 bridgehead atoms. The minimum absolute atomic E-state index is 0.0686. The summed E-state index contributed by atoms with van der Waals surface area (Å²) >= 11 is 2.35. The van der Waals surface area contributed by atoms with Gasteiger partial charge < -0.3 is 0 Å². The molecule has 0 unspecified atom stereocenters. The van der Waals surface area contributed by atoms with Crippen molar-refractivity contribution in [2.24, 2.45) is 0 Å². The van der Waals surface area contributed by atoms with Crippen molar-refractivity contribution < 1.29 is 0 Å². The molecule has 0 spiro atoms. The molecule has 0 saturated carbocycles. The summed E-state index contributed by atoms with van der Waals surface area (Å²) in [6, 6.07) is 7.47. The van der Waals surface area contributed by atoms with Gasteiger partial charge >= 0.3 is 0 Å². The average Bonchev–Trinajstić information content (AvgIpc) is 2.33. The fourth-order valence-corrected chi connectivity index (χ4v) is 2.18. The van der Waals surface area contributed by atoms with Crippen LogP contribution in [-0.4, -0.2) is 14.0 Å². The number of hydrogen-bond acceptors (Lipinski definition) is 2. The lowest BCUT2D eigenvalue weighted by atomic mass is 10.2. The van der Waals surface area contributed by atoms with Crippen LogP contribution in [0.5, 0.6) is 0 Å². The maximum absolute atomic E-state index is 12.0. The van der Waals surface area contributed by atoms with E-state index < -0.39 is 0 Å². The maximum Gasteiger partial charge on any atom is 0.261 e. The minimum Gasteiger partial charge on any atom is -0.299 e. The largest absolute Gasteiger partial charge is 0.299 e. The van der Waals surface area contributed by atoms with Crippen LogP contribution in [0.4, 0.5) is 0 Å². The zero-order valence-corrected chi connectivity index (χ0v) is 11.1. The molecule has 0 saturated heterocycles. The third kappa shape index (κ3) is 2.42. The fraction of sp³-hybridized carbons (Fsp3) is 0.333. The number of halogens is 1. The fourth-order valence-electron chi connectivity index (χ4n) is 1.64. The van der Waals surface area contributed by atoms with Crippen molar-refractivity contribution in [1.82, 2.24) is 9.55 Å². The Balaban J connectivity index is 2.33. The number of benzene rings is 1. The summed E-state index contributed by atoms with van der Waals surface area (Å²) < 4.78 is 2.84. The number of aromatic nitrogens is 2. The van der Waals surface area contributed by atoms with E-state index in [0.717, 1.165) is 29.3 Å². The van der Waals surface area contributed by atoms with Crippen molar-refractivity contribution in [1.29, 1.82) is 0 Å². The second kappa shape index (κ2) is 5.43. The standard InChI is InChI=1S/C12H13IN2O/c13-7-3-4-8-15-9-14-11-6-2-1-5-10(11)12(15)16/h1-2,5-6,9H,3-4,7-8H2. The molecule has 3 nitrogen and oxygen atoms in total. The van der Waals surface area contributed by atoms with Gasteiger partial charge in [-0.15, -0.1) is 0 Å². The van der Waals surface area contributed by atoms with E-state index in [9.17, 15) is 4.79 Å². The number of nitrogens with zero attached hydrogens (tertiary/aromatic N) is 2. The molecule has 0 aliphatic carbocycles. The maximum atomic E-state index is 12.0. The second-order valence-corrected chi connectivity index (χ2v) is 4.74. The summed E-state index contributed by atoms with van der Waals surface area (Å²) in [6.07, 6.45) is 3.82. The van der Waals surface area contributed by atoms with Gasteiger partial charge in [-0.2, -0.15) is 0 Å². The molecular formula is C12H13IN2O. The number of hydrogen-bond donors (Lipinski definition) is 0. The zero-order chi connectivity index (χ0) is 11.4. The molecule has 0 aliphatic heterocycles. The predicted octanol–water partition coefficient (Wildman–Crippen LogP) is 2.61. The van der Waals surface area contributed by atoms with Crippen molar-refractivity contribution in [2.75, 3.05) is 4.43 Å². The number of unbranched alkanes of at least 4 members (excludes halogenated alkanes) is 1. The van der Waals surface area contributed by atoms with Gasteiger partial charge in [0.1, 0.15) is 0 Å². The first kappa shape index (κ1) is 11.6. The molecule has 0 atom stereocenters. The zero-order valence-electron chi connectivity index (χ0n) is 8.90. The highest BCUT2D eigenvalue weighted by atomic mass is 127. The summed E-state index contributed by atoms with van der Waals surface area (Å²) in [6.45, 7) is 0.764. The first-order valence-corrected chi connectivity index (χ1v) is 6.85. The van der Waals surface area contributed by atoms with Crippen molar-refractivity contribution in [2.45, 2.75) is 19.4 Å². The number of para-hydroxylation sites is 1. The Bertz CT molecular complexity index is 536. The second-order valence-electron chi connectivity index (χ2n) is 3.66. The number of aryl methyl sites for hydroxylation is 1. The van der Waals surface area contributed by atoms with Crippen LogP contribution >= 0.6 is 22.6 Å². The van der Waals surface area contributed by atoms with Crippen molar-refractivity contribution in [3.8, 4) is 0 Å². The summed E-state index contributed by atoms with van der Waals surface area (Å²) in [4.78, 5) is 16.3. The molecule has 1 aromatic heterocycles. The van der Waals surface area contributed by atoms with Gasteiger partial charge in [0, 0.05) is 6.54 Å². The minimum atomic E-state index is 0.0686. The molecule has 1 heterocycles. The van der Waals surface area contributed by atoms with Gasteiger partial charge in [-0.05, 0) is 29.4 Å². The summed E-state index contributed by atoms with van der Waals surface area (Å²) in [5.41, 5.74) is 0.844. The molecule has 2 aromatic rings. The van der Waals surface area contributed by atoms with E-state index in [4.69, 9.17) is 0 Å². The molecule has 16 heavy (non-hydrogen) atoms. The smallest absolute Gasteiger partial charge is 0.261 e. The molecule has 2 rings (SSSR count). The SMILES string of the molecule is O=c1c2ccccc2ncn1CCCCI. The van der Waals surface area contributed by atoms with Crippen LogP contribution in [0.1, 0.15) is 12.8 Å². The monoisotopic (exact) mass is 328 g/mol. The molecular weight excluding hydrogens is 315 g/mol. The lowest BCUT2D eigenvalue weighted by Crippen LogP contribution is -2.20. The first-order valence-electron chi connectivity index (χ1n) is 5.33. The van der Waals surface area contributed by atoms with E-state index >= 15 is 0 Å². The van der Waals surface area contributed by atoms with Crippen molar-refractivity contribution in [3.05, 3.63) is 40.9 Å². The topological polar surface area (TPSA) is 34.9 Å². The van der Waals surface area contributed by atoms with Crippen LogP contribution in [-0.2, 0) is 6.54 Å². The van der Waals surface area contributed by atoms with E-state index in [2.05, 4.69) is 27.6 Å². The Labute approximate surface area is 108 Å². The molecule has 84 valence electrons. The highest BCUT2D eigenvalue weighted by Crippen LogP contribution is 2.05. The average molecular weight is 328 g/mol. The molecule has 0 amide bonds. The molecule has 1 aromatic carbocycles. The summed E-state index contributed by atoms with van der Waals surface area (Å²) in [5, 5.41) is 0.708. The summed E-state index contributed by atoms with van der Waals surface area (Å²) in [7, 11) is 0. The number of alkyl halides is 1. The van der Waals surface area contributed by atoms with Crippen LogP contribution in [0.2, 0.25) is 0 Å². The lowest BCUT2D eigenvalue weighted by molar-refractivity contribution is 0.613. The van der Waals surface area contributed by atoms with E-state index in [1.54, 1.807) is 10.9 Å². The predicted molar refractivity (Wildman–Crippen MR) is 74.1 cm³/mol. The highest BCUT2D eigenvalue weighted by molar-refractivity contribution is 14.1. The quantitative estimate of drug-likeness (QED) is 0.491. The van der Waals surface area contributed by atoms with E-state index in [1.807, 2.05) is 24.3 Å². The van der Waals surface area contributed by atoms with Gasteiger partial charge in [0.15, 0.2) is 0 Å². The van der Waals surface area contributed by atoms with Crippen LogP contribution < -0.4 is 5.56 Å². The summed E-state index contributed by atoms with van der Waals surface area (Å²) in [5.74, 6) is 0. The van der Waals surface area contributed by atoms with E-state index in [1.165, 1.54) is 0 Å². The highest BCUT2D eigenvalue weighted by Gasteiger charge is 2.02. The Kier molecular flexibility index (Phi) is 3.93.